The van der Waals surface area contributed by atoms with Gasteiger partial charge >= 0.3 is 0 Å². The fraction of sp³-hybridized carbons (Fsp3) is 0.278. The average Bonchev–Trinajstić information content (AvgIpc) is 2.46. The highest BCUT2D eigenvalue weighted by atomic mass is 35.5. The van der Waals surface area contributed by atoms with E-state index < -0.39 is 0 Å². The largest absolute Gasteiger partial charge is 0.494 e. The maximum atomic E-state index is 11.9. The Hall–Kier alpha value is -1.80. The van der Waals surface area contributed by atoms with Crippen LogP contribution in [-0.2, 0) is 11.2 Å². The summed E-state index contributed by atoms with van der Waals surface area (Å²) >= 11 is 5.83. The first kappa shape index (κ1) is 15.6. The van der Waals surface area contributed by atoms with Crippen molar-refractivity contribution in [2.75, 3.05) is 6.61 Å². The molecule has 0 saturated heterocycles. The number of ether oxygens (including phenoxy) is 1. The van der Waals surface area contributed by atoms with E-state index in [4.69, 9.17) is 16.3 Å². The lowest BCUT2D eigenvalue weighted by Gasteiger charge is -2.16. The SMILES string of the molecule is CCOc1ccccc1CC(C(=O)Cl)c1cccc(C)c1. The number of carbonyl (C=O) groups excluding carboxylic acids is 1. The number of halogens is 1. The summed E-state index contributed by atoms with van der Waals surface area (Å²) in [6.07, 6.45) is 0.544. The van der Waals surface area contributed by atoms with E-state index in [2.05, 4.69) is 0 Å². The van der Waals surface area contributed by atoms with Crippen molar-refractivity contribution in [3.63, 3.8) is 0 Å². The van der Waals surface area contributed by atoms with Gasteiger partial charge in [-0.05, 0) is 49.1 Å². The van der Waals surface area contributed by atoms with Gasteiger partial charge in [0, 0.05) is 0 Å². The average molecular weight is 303 g/mol. The molecule has 0 amide bonds. The first-order chi connectivity index (χ1) is 10.1. The van der Waals surface area contributed by atoms with Crippen LogP contribution >= 0.6 is 11.6 Å². The normalized spacial score (nSPS) is 12.0. The summed E-state index contributed by atoms with van der Waals surface area (Å²) in [4.78, 5) is 11.9. The zero-order valence-electron chi connectivity index (χ0n) is 12.3. The van der Waals surface area contributed by atoms with Crippen LogP contribution in [0.25, 0.3) is 0 Å². The summed E-state index contributed by atoms with van der Waals surface area (Å²) in [5, 5.41) is -0.341. The highest BCUT2D eigenvalue weighted by molar-refractivity contribution is 6.64. The first-order valence-electron chi connectivity index (χ1n) is 7.08. The molecule has 21 heavy (non-hydrogen) atoms. The Morgan fingerprint density at radius 2 is 1.95 bits per heavy atom. The molecule has 3 heteroatoms. The van der Waals surface area contributed by atoms with Crippen molar-refractivity contribution in [2.24, 2.45) is 0 Å². The van der Waals surface area contributed by atoms with E-state index >= 15 is 0 Å². The second-order valence-corrected chi connectivity index (χ2v) is 5.39. The molecule has 0 radical (unpaired) electrons. The van der Waals surface area contributed by atoms with Crippen molar-refractivity contribution in [2.45, 2.75) is 26.2 Å². The molecule has 0 aromatic heterocycles. The molecule has 2 aromatic carbocycles. The number of hydrogen-bond donors (Lipinski definition) is 0. The Morgan fingerprint density at radius 1 is 1.19 bits per heavy atom. The maximum absolute atomic E-state index is 11.9. The number of carbonyl (C=O) groups is 1. The molecule has 2 rings (SSSR count). The zero-order chi connectivity index (χ0) is 15.2. The predicted molar refractivity (Wildman–Crippen MR) is 86.1 cm³/mol. The third-order valence-corrected chi connectivity index (χ3v) is 3.68. The molecule has 0 saturated carbocycles. The smallest absolute Gasteiger partial charge is 0.229 e. The molecule has 0 N–H and O–H groups in total. The molecule has 1 unspecified atom stereocenters. The highest BCUT2D eigenvalue weighted by Crippen LogP contribution is 2.28. The molecule has 0 heterocycles. The minimum atomic E-state index is -0.354. The number of hydrogen-bond acceptors (Lipinski definition) is 2. The molecular formula is C18H19ClO2. The predicted octanol–water partition coefficient (Wildman–Crippen LogP) is 4.49. The van der Waals surface area contributed by atoms with Gasteiger partial charge in [-0.25, -0.2) is 0 Å². The van der Waals surface area contributed by atoms with Crippen molar-refractivity contribution in [3.8, 4) is 5.75 Å². The lowest BCUT2D eigenvalue weighted by Crippen LogP contribution is -2.11. The minimum Gasteiger partial charge on any atom is -0.494 e. The Kier molecular flexibility index (Phi) is 5.40. The van der Waals surface area contributed by atoms with Gasteiger partial charge in [0.25, 0.3) is 0 Å². The van der Waals surface area contributed by atoms with Gasteiger partial charge in [0.15, 0.2) is 0 Å². The van der Waals surface area contributed by atoms with Crippen molar-refractivity contribution in [3.05, 3.63) is 65.2 Å². The van der Waals surface area contributed by atoms with Gasteiger partial charge < -0.3 is 4.74 Å². The van der Waals surface area contributed by atoms with Crippen molar-refractivity contribution >= 4 is 16.8 Å². The third-order valence-electron chi connectivity index (χ3n) is 3.41. The quantitative estimate of drug-likeness (QED) is 0.735. The van der Waals surface area contributed by atoms with Gasteiger partial charge in [-0.15, -0.1) is 0 Å². The second-order valence-electron chi connectivity index (χ2n) is 5.02. The van der Waals surface area contributed by atoms with E-state index in [1.54, 1.807) is 0 Å². The van der Waals surface area contributed by atoms with Crippen LogP contribution in [0.1, 0.15) is 29.5 Å². The molecular weight excluding hydrogens is 284 g/mol. The number of aryl methyl sites for hydroxylation is 1. The lowest BCUT2D eigenvalue weighted by atomic mass is 9.92. The molecule has 2 nitrogen and oxygen atoms in total. The minimum absolute atomic E-state index is 0.341. The molecule has 0 fully saturated rings. The third kappa shape index (κ3) is 4.08. The van der Waals surface area contributed by atoms with E-state index in [0.717, 1.165) is 22.4 Å². The standard InChI is InChI=1S/C18H19ClO2/c1-3-21-17-10-5-4-8-15(17)12-16(18(19)20)14-9-6-7-13(2)11-14/h4-11,16H,3,12H2,1-2H3. The lowest BCUT2D eigenvalue weighted by molar-refractivity contribution is -0.113. The van der Waals surface area contributed by atoms with Crippen LogP contribution in [0, 0.1) is 6.92 Å². The zero-order valence-corrected chi connectivity index (χ0v) is 13.1. The highest BCUT2D eigenvalue weighted by Gasteiger charge is 2.21. The van der Waals surface area contributed by atoms with E-state index in [1.807, 2.05) is 62.4 Å². The van der Waals surface area contributed by atoms with Crippen LogP contribution in [0.15, 0.2) is 48.5 Å². The van der Waals surface area contributed by atoms with E-state index in [-0.39, 0.29) is 11.2 Å². The van der Waals surface area contributed by atoms with E-state index in [9.17, 15) is 4.79 Å². The van der Waals surface area contributed by atoms with Crippen LogP contribution in [0.4, 0.5) is 0 Å². The Labute approximate surface area is 130 Å². The summed E-state index contributed by atoms with van der Waals surface area (Å²) in [7, 11) is 0. The van der Waals surface area contributed by atoms with Gasteiger partial charge in [-0.1, -0.05) is 48.0 Å². The van der Waals surface area contributed by atoms with Crippen LogP contribution < -0.4 is 4.74 Å². The topological polar surface area (TPSA) is 26.3 Å². The molecule has 0 aliphatic carbocycles. The van der Waals surface area contributed by atoms with Gasteiger partial charge in [-0.3, -0.25) is 4.79 Å². The molecule has 0 aliphatic rings. The molecule has 0 aliphatic heterocycles. The van der Waals surface area contributed by atoms with E-state index in [1.165, 1.54) is 0 Å². The van der Waals surface area contributed by atoms with Crippen LogP contribution in [0.2, 0.25) is 0 Å². The summed E-state index contributed by atoms with van der Waals surface area (Å²) in [5.74, 6) is 0.462. The first-order valence-corrected chi connectivity index (χ1v) is 7.46. The number of para-hydroxylation sites is 1. The Morgan fingerprint density at radius 3 is 2.62 bits per heavy atom. The summed E-state index contributed by atoms with van der Waals surface area (Å²) < 4.78 is 5.62. The van der Waals surface area contributed by atoms with Gasteiger partial charge in [-0.2, -0.15) is 0 Å². The summed E-state index contributed by atoms with van der Waals surface area (Å²) in [5.41, 5.74) is 3.06. The van der Waals surface area contributed by atoms with Crippen molar-refractivity contribution in [1.82, 2.24) is 0 Å². The number of benzene rings is 2. The maximum Gasteiger partial charge on any atom is 0.229 e. The molecule has 2 aromatic rings. The molecule has 1 atom stereocenters. The fourth-order valence-corrected chi connectivity index (χ4v) is 2.61. The number of rotatable bonds is 6. The molecule has 0 bridgehead atoms. The Bertz CT molecular complexity index is 622. The second kappa shape index (κ2) is 7.28. The summed E-state index contributed by atoms with van der Waals surface area (Å²) in [6, 6.07) is 15.7. The fourth-order valence-electron chi connectivity index (χ4n) is 2.40. The molecule has 0 spiro atoms. The van der Waals surface area contributed by atoms with Gasteiger partial charge in [0.1, 0.15) is 5.75 Å². The monoisotopic (exact) mass is 302 g/mol. The van der Waals surface area contributed by atoms with E-state index in [0.29, 0.717) is 13.0 Å². The van der Waals surface area contributed by atoms with Crippen LogP contribution in [0.5, 0.6) is 5.75 Å². The summed E-state index contributed by atoms with van der Waals surface area (Å²) in [6.45, 7) is 4.55. The van der Waals surface area contributed by atoms with Gasteiger partial charge in [0.2, 0.25) is 5.24 Å². The van der Waals surface area contributed by atoms with Crippen molar-refractivity contribution < 1.29 is 9.53 Å². The van der Waals surface area contributed by atoms with Gasteiger partial charge in [0.05, 0.1) is 12.5 Å². The van der Waals surface area contributed by atoms with Crippen molar-refractivity contribution in [1.29, 1.82) is 0 Å². The van der Waals surface area contributed by atoms with Crippen LogP contribution in [0.3, 0.4) is 0 Å². The van der Waals surface area contributed by atoms with Crippen LogP contribution in [-0.4, -0.2) is 11.8 Å². The Balaban J connectivity index is 2.31. The molecule has 110 valence electrons.